The number of carbonyl (C=O) groups is 1. The minimum absolute atomic E-state index is 0.297. The molecule has 1 aromatic carbocycles. The summed E-state index contributed by atoms with van der Waals surface area (Å²) in [6.45, 7) is 5.59. The number of rotatable bonds is 4. The van der Waals surface area contributed by atoms with E-state index in [0.717, 1.165) is 50.1 Å². The van der Waals surface area contributed by atoms with Crippen molar-refractivity contribution in [1.29, 1.82) is 0 Å². The number of nitrogens with zero attached hydrogens (tertiary/aromatic N) is 4. The summed E-state index contributed by atoms with van der Waals surface area (Å²) in [5, 5.41) is 1.17. The van der Waals surface area contributed by atoms with Gasteiger partial charge in [-0.15, -0.1) is 0 Å². The van der Waals surface area contributed by atoms with Crippen molar-refractivity contribution < 1.29 is 4.79 Å². The summed E-state index contributed by atoms with van der Waals surface area (Å²) in [6.07, 6.45) is 5.34. The SMILES string of the molecule is C[C@@H]1CCCN1C(=O)CN1CC[C@@H](N(C)c2cnc3ccccc3c2)C1. The van der Waals surface area contributed by atoms with Crippen molar-refractivity contribution in [2.75, 3.05) is 38.1 Å². The van der Waals surface area contributed by atoms with Crippen molar-refractivity contribution in [2.24, 2.45) is 0 Å². The van der Waals surface area contributed by atoms with Gasteiger partial charge in [0.15, 0.2) is 0 Å². The number of anilines is 1. The van der Waals surface area contributed by atoms with E-state index in [1.165, 1.54) is 5.39 Å². The first kappa shape index (κ1) is 17.3. The molecule has 0 aliphatic carbocycles. The summed E-state index contributed by atoms with van der Waals surface area (Å²) in [7, 11) is 2.14. The van der Waals surface area contributed by atoms with Crippen LogP contribution in [-0.2, 0) is 4.79 Å². The Balaban J connectivity index is 1.38. The van der Waals surface area contributed by atoms with E-state index in [-0.39, 0.29) is 0 Å². The highest BCUT2D eigenvalue weighted by Gasteiger charge is 2.31. The Kier molecular flexibility index (Phi) is 4.81. The number of carbonyl (C=O) groups excluding carboxylic acids is 1. The Morgan fingerprint density at radius 1 is 1.27 bits per heavy atom. The zero-order chi connectivity index (χ0) is 18.1. The molecule has 2 aromatic rings. The number of amides is 1. The van der Waals surface area contributed by atoms with Crippen molar-refractivity contribution in [2.45, 2.75) is 38.3 Å². The van der Waals surface area contributed by atoms with Gasteiger partial charge >= 0.3 is 0 Å². The quantitative estimate of drug-likeness (QED) is 0.848. The number of para-hydroxylation sites is 1. The third kappa shape index (κ3) is 3.40. The maximum atomic E-state index is 12.6. The van der Waals surface area contributed by atoms with E-state index in [2.05, 4.69) is 51.9 Å². The van der Waals surface area contributed by atoms with Gasteiger partial charge in [-0.3, -0.25) is 14.7 Å². The number of likely N-dealkylation sites (tertiary alicyclic amines) is 2. The molecule has 2 aliphatic heterocycles. The second-order valence-corrected chi connectivity index (χ2v) is 7.75. The minimum Gasteiger partial charge on any atom is -0.369 e. The predicted molar refractivity (Wildman–Crippen MR) is 105 cm³/mol. The molecule has 0 unspecified atom stereocenters. The molecule has 5 heteroatoms. The Hall–Kier alpha value is -2.14. The lowest BCUT2D eigenvalue weighted by molar-refractivity contribution is -0.132. The molecule has 0 radical (unpaired) electrons. The summed E-state index contributed by atoms with van der Waals surface area (Å²) in [4.78, 5) is 23.8. The molecule has 1 aromatic heterocycles. The third-order valence-corrected chi connectivity index (χ3v) is 6.01. The lowest BCUT2D eigenvalue weighted by atomic mass is 10.1. The normalized spacial score (nSPS) is 23.7. The number of likely N-dealkylation sites (N-methyl/N-ethyl adjacent to an activating group) is 1. The van der Waals surface area contributed by atoms with Gasteiger partial charge < -0.3 is 9.80 Å². The van der Waals surface area contributed by atoms with E-state index in [1.54, 1.807) is 0 Å². The largest absolute Gasteiger partial charge is 0.369 e. The molecule has 4 rings (SSSR count). The number of hydrogen-bond acceptors (Lipinski definition) is 4. The topological polar surface area (TPSA) is 39.7 Å². The van der Waals surface area contributed by atoms with Gasteiger partial charge in [0.25, 0.3) is 0 Å². The van der Waals surface area contributed by atoms with Gasteiger partial charge in [-0.2, -0.15) is 0 Å². The fourth-order valence-electron chi connectivity index (χ4n) is 4.32. The van der Waals surface area contributed by atoms with Gasteiger partial charge in [-0.25, -0.2) is 0 Å². The molecule has 2 saturated heterocycles. The Bertz CT molecular complexity index is 792. The Morgan fingerprint density at radius 3 is 2.92 bits per heavy atom. The van der Waals surface area contributed by atoms with Crippen LogP contribution in [0.5, 0.6) is 0 Å². The summed E-state index contributed by atoms with van der Waals surface area (Å²) in [5.74, 6) is 0.297. The maximum Gasteiger partial charge on any atom is 0.236 e. The highest BCUT2D eigenvalue weighted by Crippen LogP contribution is 2.24. The van der Waals surface area contributed by atoms with Crippen LogP contribution in [0.2, 0.25) is 0 Å². The fourth-order valence-corrected chi connectivity index (χ4v) is 4.32. The van der Waals surface area contributed by atoms with E-state index in [0.29, 0.717) is 24.5 Å². The van der Waals surface area contributed by atoms with Crippen molar-refractivity contribution in [3.8, 4) is 0 Å². The standard InChI is InChI=1S/C21H28N4O/c1-16-6-5-10-25(16)21(26)15-24-11-9-18(14-24)23(2)19-12-17-7-3-4-8-20(17)22-13-19/h3-4,7-8,12-13,16,18H,5-6,9-11,14-15H2,1-2H3/t16-,18-/m1/s1. The highest BCUT2D eigenvalue weighted by molar-refractivity contribution is 5.81. The van der Waals surface area contributed by atoms with Crippen LogP contribution >= 0.6 is 0 Å². The summed E-state index contributed by atoms with van der Waals surface area (Å²) in [6, 6.07) is 11.3. The second kappa shape index (κ2) is 7.23. The molecule has 1 amide bonds. The molecule has 138 valence electrons. The van der Waals surface area contributed by atoms with Crippen molar-refractivity contribution in [3.63, 3.8) is 0 Å². The van der Waals surface area contributed by atoms with Crippen LogP contribution in [0, 0.1) is 0 Å². The maximum absolute atomic E-state index is 12.6. The zero-order valence-corrected chi connectivity index (χ0v) is 15.8. The van der Waals surface area contributed by atoms with Crippen LogP contribution in [0.15, 0.2) is 36.5 Å². The molecule has 2 fully saturated rings. The average Bonchev–Trinajstić information content (AvgIpc) is 3.29. The lowest BCUT2D eigenvalue weighted by Gasteiger charge is -2.28. The third-order valence-electron chi connectivity index (χ3n) is 6.01. The molecule has 2 atom stereocenters. The smallest absolute Gasteiger partial charge is 0.236 e. The average molecular weight is 352 g/mol. The number of aromatic nitrogens is 1. The number of hydrogen-bond donors (Lipinski definition) is 0. The lowest BCUT2D eigenvalue weighted by Crippen LogP contribution is -2.42. The van der Waals surface area contributed by atoms with Crippen molar-refractivity contribution in [3.05, 3.63) is 36.5 Å². The first-order chi connectivity index (χ1) is 12.6. The monoisotopic (exact) mass is 352 g/mol. The van der Waals surface area contributed by atoms with Crippen LogP contribution < -0.4 is 4.90 Å². The van der Waals surface area contributed by atoms with Gasteiger partial charge in [0.2, 0.25) is 5.91 Å². The van der Waals surface area contributed by atoms with Crippen LogP contribution in [0.25, 0.3) is 10.9 Å². The van der Waals surface area contributed by atoms with E-state index in [9.17, 15) is 4.79 Å². The summed E-state index contributed by atoms with van der Waals surface area (Å²) in [5.41, 5.74) is 2.18. The first-order valence-corrected chi connectivity index (χ1v) is 9.71. The second-order valence-electron chi connectivity index (χ2n) is 7.75. The van der Waals surface area contributed by atoms with Crippen LogP contribution in [0.4, 0.5) is 5.69 Å². The minimum atomic E-state index is 0.297. The highest BCUT2D eigenvalue weighted by atomic mass is 16.2. The zero-order valence-electron chi connectivity index (χ0n) is 15.8. The molecule has 0 N–H and O–H groups in total. The predicted octanol–water partition coefficient (Wildman–Crippen LogP) is 2.76. The van der Waals surface area contributed by atoms with Crippen molar-refractivity contribution >= 4 is 22.5 Å². The van der Waals surface area contributed by atoms with Gasteiger partial charge in [0, 0.05) is 44.2 Å². The number of fused-ring (bicyclic) bond motifs is 1. The molecule has 0 bridgehead atoms. The molecular formula is C21H28N4O. The van der Waals surface area contributed by atoms with Gasteiger partial charge in [0.05, 0.1) is 23.9 Å². The molecule has 3 heterocycles. The van der Waals surface area contributed by atoms with Gasteiger partial charge in [-0.05, 0) is 38.3 Å². The van der Waals surface area contributed by atoms with Crippen LogP contribution in [-0.4, -0.2) is 66.0 Å². The molecule has 26 heavy (non-hydrogen) atoms. The van der Waals surface area contributed by atoms with E-state index in [4.69, 9.17) is 0 Å². The van der Waals surface area contributed by atoms with E-state index < -0.39 is 0 Å². The Labute approximate surface area is 155 Å². The van der Waals surface area contributed by atoms with Gasteiger partial charge in [0.1, 0.15) is 0 Å². The number of benzene rings is 1. The fraction of sp³-hybridized carbons (Fsp3) is 0.524. The van der Waals surface area contributed by atoms with Crippen LogP contribution in [0.3, 0.4) is 0 Å². The molecule has 2 aliphatic rings. The first-order valence-electron chi connectivity index (χ1n) is 9.71. The molecule has 5 nitrogen and oxygen atoms in total. The van der Waals surface area contributed by atoms with Gasteiger partial charge in [-0.1, -0.05) is 18.2 Å². The Morgan fingerprint density at radius 2 is 2.12 bits per heavy atom. The van der Waals surface area contributed by atoms with Crippen LogP contribution in [0.1, 0.15) is 26.2 Å². The number of pyridine rings is 1. The van der Waals surface area contributed by atoms with Crippen molar-refractivity contribution in [1.82, 2.24) is 14.8 Å². The molecule has 0 saturated carbocycles. The summed E-state index contributed by atoms with van der Waals surface area (Å²) < 4.78 is 0. The summed E-state index contributed by atoms with van der Waals surface area (Å²) >= 11 is 0. The van der Waals surface area contributed by atoms with E-state index in [1.807, 2.05) is 18.3 Å². The molecular weight excluding hydrogens is 324 g/mol. The molecule has 0 spiro atoms. The van der Waals surface area contributed by atoms with E-state index >= 15 is 0 Å².